The minimum Gasteiger partial charge on any atom is -0.383 e. The molecular formula is C22H23F2N3O4. The van der Waals surface area contributed by atoms with Gasteiger partial charge in [0.25, 0.3) is 5.91 Å². The van der Waals surface area contributed by atoms with E-state index in [2.05, 4.69) is 5.32 Å². The molecule has 9 heteroatoms. The fourth-order valence-corrected chi connectivity index (χ4v) is 3.38. The van der Waals surface area contributed by atoms with Gasteiger partial charge >= 0.3 is 6.03 Å². The van der Waals surface area contributed by atoms with Gasteiger partial charge in [0.15, 0.2) is 11.6 Å². The summed E-state index contributed by atoms with van der Waals surface area (Å²) in [5.74, 6) is -3.36. The molecule has 0 bridgehead atoms. The van der Waals surface area contributed by atoms with Crippen molar-refractivity contribution in [3.05, 3.63) is 71.3 Å². The number of nitrogens with zero attached hydrogens (tertiary/aromatic N) is 2. The van der Waals surface area contributed by atoms with Crippen LogP contribution in [0.4, 0.5) is 13.6 Å². The minimum absolute atomic E-state index is 0.0835. The number of amides is 4. The lowest BCUT2D eigenvalue weighted by Gasteiger charge is -2.25. The Labute approximate surface area is 178 Å². The molecule has 0 aliphatic carbocycles. The van der Waals surface area contributed by atoms with Gasteiger partial charge in [0, 0.05) is 20.2 Å². The van der Waals surface area contributed by atoms with Gasteiger partial charge in [-0.1, -0.05) is 36.4 Å². The summed E-state index contributed by atoms with van der Waals surface area (Å²) < 4.78 is 32.0. The highest BCUT2D eigenvalue weighted by Gasteiger charge is 2.50. The van der Waals surface area contributed by atoms with E-state index in [1.165, 1.54) is 25.0 Å². The first kappa shape index (κ1) is 22.4. The summed E-state index contributed by atoms with van der Waals surface area (Å²) in [6.07, 6.45) is 0. The summed E-state index contributed by atoms with van der Waals surface area (Å²) in [6.45, 7) is 1.74. The molecule has 1 fully saturated rings. The molecule has 2 aromatic carbocycles. The van der Waals surface area contributed by atoms with Crippen LogP contribution in [0, 0.1) is 11.6 Å². The van der Waals surface area contributed by atoms with Crippen molar-refractivity contribution < 1.29 is 27.9 Å². The maximum absolute atomic E-state index is 13.7. The Bertz CT molecular complexity index is 986. The van der Waals surface area contributed by atoms with Crippen LogP contribution in [0.3, 0.4) is 0 Å². The number of hydrogen-bond acceptors (Lipinski definition) is 4. The molecule has 0 saturated carbocycles. The third kappa shape index (κ3) is 4.72. The molecule has 1 N–H and O–H groups in total. The van der Waals surface area contributed by atoms with Crippen molar-refractivity contribution in [3.63, 3.8) is 0 Å². The molecule has 4 amide bonds. The van der Waals surface area contributed by atoms with Crippen LogP contribution in [-0.4, -0.2) is 54.5 Å². The number of halogens is 2. The van der Waals surface area contributed by atoms with Crippen LogP contribution < -0.4 is 5.32 Å². The lowest BCUT2D eigenvalue weighted by molar-refractivity contribution is -0.139. The molecule has 164 valence electrons. The summed E-state index contributed by atoms with van der Waals surface area (Å²) in [7, 11) is 1.51. The van der Waals surface area contributed by atoms with Gasteiger partial charge in [-0.3, -0.25) is 14.5 Å². The van der Waals surface area contributed by atoms with Crippen molar-refractivity contribution in [1.82, 2.24) is 15.1 Å². The Hall–Kier alpha value is -3.33. The Morgan fingerprint density at radius 1 is 1.13 bits per heavy atom. The first-order valence-electron chi connectivity index (χ1n) is 9.66. The average Bonchev–Trinajstić information content (AvgIpc) is 2.97. The second-order valence-electron chi connectivity index (χ2n) is 7.37. The highest BCUT2D eigenvalue weighted by molar-refractivity contribution is 6.09. The van der Waals surface area contributed by atoms with Gasteiger partial charge in [-0.15, -0.1) is 0 Å². The summed E-state index contributed by atoms with van der Waals surface area (Å²) in [5, 5.41) is 2.48. The third-order valence-corrected chi connectivity index (χ3v) is 5.20. The number of ether oxygens (including phenoxy) is 1. The van der Waals surface area contributed by atoms with Crippen molar-refractivity contribution in [2.75, 3.05) is 26.8 Å². The highest BCUT2D eigenvalue weighted by atomic mass is 19.2. The van der Waals surface area contributed by atoms with E-state index < -0.39 is 41.6 Å². The first-order chi connectivity index (χ1) is 14.8. The standard InChI is InChI=1S/C22H23F2N3O4/c1-22(16-8-9-17(23)18(24)12-16)20(29)27(21(30)25-22)14-19(28)26(10-11-31-2)13-15-6-4-3-5-7-15/h3-9,12H,10-11,13-14H2,1-2H3,(H,25,30). The summed E-state index contributed by atoms with van der Waals surface area (Å²) >= 11 is 0. The van der Waals surface area contributed by atoms with Crippen LogP contribution in [0.15, 0.2) is 48.5 Å². The number of methoxy groups -OCH3 is 1. The molecule has 0 aromatic heterocycles. The van der Waals surface area contributed by atoms with Crippen molar-refractivity contribution in [2.45, 2.75) is 19.0 Å². The maximum atomic E-state index is 13.7. The normalized spacial score (nSPS) is 18.3. The van der Waals surface area contributed by atoms with E-state index >= 15 is 0 Å². The second kappa shape index (κ2) is 9.22. The Morgan fingerprint density at radius 3 is 2.48 bits per heavy atom. The minimum atomic E-state index is -1.61. The van der Waals surface area contributed by atoms with E-state index in [1.807, 2.05) is 30.3 Å². The summed E-state index contributed by atoms with van der Waals surface area (Å²) in [6, 6.07) is 11.5. The largest absolute Gasteiger partial charge is 0.383 e. The summed E-state index contributed by atoms with van der Waals surface area (Å²) in [4.78, 5) is 40.7. The number of carbonyl (C=O) groups is 3. The fraction of sp³-hybridized carbons (Fsp3) is 0.318. The lowest BCUT2D eigenvalue weighted by atomic mass is 9.92. The molecule has 31 heavy (non-hydrogen) atoms. The molecule has 1 saturated heterocycles. The van der Waals surface area contributed by atoms with Gasteiger partial charge < -0.3 is 15.0 Å². The van der Waals surface area contributed by atoms with Crippen LogP contribution in [0.5, 0.6) is 0 Å². The number of urea groups is 1. The van der Waals surface area contributed by atoms with Crippen LogP contribution in [-0.2, 0) is 26.4 Å². The maximum Gasteiger partial charge on any atom is 0.325 e. The second-order valence-corrected chi connectivity index (χ2v) is 7.37. The van der Waals surface area contributed by atoms with E-state index in [1.54, 1.807) is 0 Å². The van der Waals surface area contributed by atoms with Crippen LogP contribution >= 0.6 is 0 Å². The lowest BCUT2D eigenvalue weighted by Crippen LogP contribution is -2.45. The van der Waals surface area contributed by atoms with E-state index in [9.17, 15) is 23.2 Å². The quantitative estimate of drug-likeness (QED) is 0.651. The predicted octanol–water partition coefficient (Wildman–Crippen LogP) is 2.41. The van der Waals surface area contributed by atoms with Crippen LogP contribution in [0.1, 0.15) is 18.1 Å². The first-order valence-corrected chi connectivity index (χ1v) is 9.66. The van der Waals surface area contributed by atoms with Crippen LogP contribution in [0.2, 0.25) is 0 Å². The van der Waals surface area contributed by atoms with E-state index in [0.29, 0.717) is 0 Å². The van der Waals surface area contributed by atoms with Crippen molar-refractivity contribution in [2.24, 2.45) is 0 Å². The molecule has 1 heterocycles. The van der Waals surface area contributed by atoms with Crippen molar-refractivity contribution in [1.29, 1.82) is 0 Å². The SMILES string of the molecule is COCCN(Cc1ccccc1)C(=O)CN1C(=O)NC(C)(c2ccc(F)c(F)c2)C1=O. The number of benzene rings is 2. The number of hydrogen-bond donors (Lipinski definition) is 1. The van der Waals surface area contributed by atoms with Gasteiger partial charge in [-0.05, 0) is 30.2 Å². The zero-order valence-corrected chi connectivity index (χ0v) is 17.2. The van der Waals surface area contributed by atoms with E-state index in [0.717, 1.165) is 22.6 Å². The average molecular weight is 431 g/mol. The number of rotatable bonds is 8. The topological polar surface area (TPSA) is 79.0 Å². The number of nitrogens with one attached hydrogen (secondary N) is 1. The van der Waals surface area contributed by atoms with Crippen molar-refractivity contribution >= 4 is 17.8 Å². The molecular weight excluding hydrogens is 408 g/mol. The zero-order chi connectivity index (χ0) is 22.6. The highest BCUT2D eigenvalue weighted by Crippen LogP contribution is 2.29. The molecule has 1 unspecified atom stereocenters. The smallest absolute Gasteiger partial charge is 0.325 e. The van der Waals surface area contributed by atoms with Gasteiger partial charge in [-0.25, -0.2) is 13.6 Å². The Balaban J connectivity index is 1.78. The molecule has 3 rings (SSSR count). The van der Waals surface area contributed by atoms with Gasteiger partial charge in [0.05, 0.1) is 6.61 Å². The molecule has 1 aliphatic rings. The zero-order valence-electron chi connectivity index (χ0n) is 17.2. The Morgan fingerprint density at radius 2 is 1.84 bits per heavy atom. The van der Waals surface area contributed by atoms with Gasteiger partial charge in [0.1, 0.15) is 12.1 Å². The molecule has 0 spiro atoms. The molecule has 7 nitrogen and oxygen atoms in total. The predicted molar refractivity (Wildman–Crippen MR) is 108 cm³/mol. The fourth-order valence-electron chi connectivity index (χ4n) is 3.38. The van der Waals surface area contributed by atoms with Crippen molar-refractivity contribution in [3.8, 4) is 0 Å². The third-order valence-electron chi connectivity index (χ3n) is 5.20. The van der Waals surface area contributed by atoms with E-state index in [-0.39, 0.29) is 25.3 Å². The molecule has 1 aliphatic heterocycles. The Kier molecular flexibility index (Phi) is 6.65. The number of imide groups is 1. The van der Waals surface area contributed by atoms with E-state index in [4.69, 9.17) is 4.74 Å². The van der Waals surface area contributed by atoms with Crippen LogP contribution in [0.25, 0.3) is 0 Å². The molecule has 0 radical (unpaired) electrons. The molecule has 2 aromatic rings. The summed E-state index contributed by atoms with van der Waals surface area (Å²) in [5.41, 5.74) is -0.640. The van der Waals surface area contributed by atoms with Gasteiger partial charge in [-0.2, -0.15) is 0 Å². The van der Waals surface area contributed by atoms with Gasteiger partial charge in [0.2, 0.25) is 5.91 Å². The molecule has 1 atom stereocenters. The number of carbonyl (C=O) groups excluding carboxylic acids is 3. The monoisotopic (exact) mass is 431 g/mol.